The lowest BCUT2D eigenvalue weighted by Gasteiger charge is -2.23. The summed E-state index contributed by atoms with van der Waals surface area (Å²) in [6.45, 7) is 2.63. The van der Waals surface area contributed by atoms with Crippen LogP contribution in [0.5, 0.6) is 0 Å². The van der Waals surface area contributed by atoms with Gasteiger partial charge in [0.25, 0.3) is 5.91 Å². The van der Waals surface area contributed by atoms with Crippen molar-refractivity contribution in [2.75, 3.05) is 19.4 Å². The molecule has 0 fully saturated rings. The summed E-state index contributed by atoms with van der Waals surface area (Å²) in [6, 6.07) is 0. The standard InChI is InChI=1S/C20H23N9O3/c1-4-29-18-14(10-26-29)17(27-12-7-23-11-24-8-12)13(9-25-18)15-5-20(32-28-15,19(31)22-3)6-16(30)21-2/h7-11H,4-6H2,1-3H3,(H,21,30)(H,22,31)(H,25,27). The Balaban J connectivity index is 1.77. The minimum atomic E-state index is -1.44. The van der Waals surface area contributed by atoms with E-state index < -0.39 is 11.5 Å². The van der Waals surface area contributed by atoms with Crippen LogP contribution in [0.4, 0.5) is 11.4 Å². The second-order valence-electron chi connectivity index (χ2n) is 7.23. The molecule has 3 N–H and O–H groups in total. The highest BCUT2D eigenvalue weighted by molar-refractivity contribution is 6.13. The maximum atomic E-state index is 12.6. The van der Waals surface area contributed by atoms with Gasteiger partial charge in [0.1, 0.15) is 6.33 Å². The summed E-state index contributed by atoms with van der Waals surface area (Å²) in [5.74, 6) is -0.763. The van der Waals surface area contributed by atoms with E-state index in [-0.39, 0.29) is 18.7 Å². The Morgan fingerprint density at radius 2 is 1.94 bits per heavy atom. The minimum Gasteiger partial charge on any atom is -0.378 e. The smallest absolute Gasteiger partial charge is 0.267 e. The van der Waals surface area contributed by atoms with Crippen LogP contribution in [0.1, 0.15) is 25.3 Å². The number of hydrogen-bond acceptors (Lipinski definition) is 9. The van der Waals surface area contributed by atoms with E-state index in [2.05, 4.69) is 41.2 Å². The van der Waals surface area contributed by atoms with Crippen molar-refractivity contribution in [1.29, 1.82) is 0 Å². The maximum absolute atomic E-state index is 12.6. The first-order chi connectivity index (χ1) is 15.5. The molecule has 1 aliphatic rings. The van der Waals surface area contributed by atoms with E-state index in [4.69, 9.17) is 4.84 Å². The number of oxime groups is 1. The highest BCUT2D eigenvalue weighted by Crippen LogP contribution is 2.36. The van der Waals surface area contributed by atoms with Gasteiger partial charge < -0.3 is 20.8 Å². The third-order valence-electron chi connectivity index (χ3n) is 5.26. The van der Waals surface area contributed by atoms with Crippen molar-refractivity contribution < 1.29 is 14.4 Å². The monoisotopic (exact) mass is 437 g/mol. The number of likely N-dealkylation sites (N-methyl/N-ethyl adjacent to an activating group) is 1. The number of anilines is 2. The van der Waals surface area contributed by atoms with Crippen LogP contribution in [0.3, 0.4) is 0 Å². The lowest BCUT2D eigenvalue weighted by atomic mass is 9.89. The molecular weight excluding hydrogens is 414 g/mol. The molecule has 3 aromatic heterocycles. The summed E-state index contributed by atoms with van der Waals surface area (Å²) in [4.78, 5) is 43.0. The van der Waals surface area contributed by atoms with Gasteiger partial charge in [-0.25, -0.2) is 19.6 Å². The fraction of sp³-hybridized carbons (Fsp3) is 0.350. The minimum absolute atomic E-state index is 0.0924. The van der Waals surface area contributed by atoms with Crippen molar-refractivity contribution in [3.63, 3.8) is 0 Å². The van der Waals surface area contributed by atoms with Gasteiger partial charge in [-0.15, -0.1) is 0 Å². The maximum Gasteiger partial charge on any atom is 0.267 e. The van der Waals surface area contributed by atoms with Gasteiger partial charge in [-0.05, 0) is 6.92 Å². The number of nitrogens with one attached hydrogen (secondary N) is 3. The molecule has 0 bridgehead atoms. The van der Waals surface area contributed by atoms with Crippen LogP contribution in [0.2, 0.25) is 0 Å². The normalized spacial score (nSPS) is 17.5. The second kappa shape index (κ2) is 8.57. The molecule has 0 saturated carbocycles. The zero-order valence-electron chi connectivity index (χ0n) is 17.9. The van der Waals surface area contributed by atoms with Crippen molar-refractivity contribution in [1.82, 2.24) is 35.4 Å². The molecule has 0 aliphatic carbocycles. The number of aryl methyl sites for hydroxylation is 1. The highest BCUT2D eigenvalue weighted by Gasteiger charge is 2.48. The van der Waals surface area contributed by atoms with E-state index in [9.17, 15) is 9.59 Å². The number of pyridine rings is 1. The van der Waals surface area contributed by atoms with E-state index in [1.54, 1.807) is 29.5 Å². The van der Waals surface area contributed by atoms with Gasteiger partial charge >= 0.3 is 0 Å². The number of amides is 2. The van der Waals surface area contributed by atoms with E-state index in [1.165, 1.54) is 20.4 Å². The van der Waals surface area contributed by atoms with Crippen LogP contribution >= 0.6 is 0 Å². The zero-order valence-corrected chi connectivity index (χ0v) is 17.9. The molecule has 1 unspecified atom stereocenters. The largest absolute Gasteiger partial charge is 0.378 e. The van der Waals surface area contributed by atoms with Crippen LogP contribution in [0, 0.1) is 0 Å². The molecule has 32 heavy (non-hydrogen) atoms. The molecule has 12 nitrogen and oxygen atoms in total. The topological polar surface area (TPSA) is 148 Å². The molecule has 4 heterocycles. The van der Waals surface area contributed by atoms with Crippen LogP contribution in [0.25, 0.3) is 11.0 Å². The fourth-order valence-electron chi connectivity index (χ4n) is 3.61. The molecule has 2 amide bonds. The first kappa shape index (κ1) is 21.2. The Hall–Kier alpha value is -4.09. The summed E-state index contributed by atoms with van der Waals surface area (Å²) < 4.78 is 1.78. The van der Waals surface area contributed by atoms with Crippen molar-refractivity contribution in [3.05, 3.63) is 36.7 Å². The molecule has 0 saturated heterocycles. The summed E-state index contributed by atoms with van der Waals surface area (Å²) in [6.07, 6.45) is 8.01. The SMILES string of the molecule is CCn1ncc2c(Nc3cncnc3)c(C3=NOC(CC(=O)NC)(C(=O)NC)C3)cnc21. The summed E-state index contributed by atoms with van der Waals surface area (Å²) >= 11 is 0. The van der Waals surface area contributed by atoms with Crippen molar-refractivity contribution in [2.24, 2.45) is 5.16 Å². The second-order valence-corrected chi connectivity index (χ2v) is 7.23. The molecule has 1 aliphatic heterocycles. The van der Waals surface area contributed by atoms with E-state index >= 15 is 0 Å². The fourth-order valence-corrected chi connectivity index (χ4v) is 3.61. The zero-order chi connectivity index (χ0) is 22.7. The van der Waals surface area contributed by atoms with Gasteiger partial charge in [0.15, 0.2) is 5.65 Å². The Morgan fingerprint density at radius 1 is 1.16 bits per heavy atom. The number of carbonyl (C=O) groups excluding carboxylic acids is 2. The van der Waals surface area contributed by atoms with Crippen molar-refractivity contribution >= 4 is 39.9 Å². The molecule has 4 rings (SSSR count). The molecule has 0 spiro atoms. The van der Waals surface area contributed by atoms with E-state index in [1.807, 2.05) is 6.92 Å². The summed E-state index contributed by atoms with van der Waals surface area (Å²) in [7, 11) is 2.99. The van der Waals surface area contributed by atoms with Gasteiger partial charge in [-0.3, -0.25) is 9.59 Å². The molecule has 0 radical (unpaired) electrons. The van der Waals surface area contributed by atoms with Crippen LogP contribution in [-0.4, -0.2) is 62.0 Å². The predicted octanol–water partition coefficient (Wildman–Crippen LogP) is 0.730. The Bertz CT molecular complexity index is 1190. The van der Waals surface area contributed by atoms with Crippen molar-refractivity contribution in [3.8, 4) is 0 Å². The van der Waals surface area contributed by atoms with E-state index in [0.717, 1.165) is 5.39 Å². The number of rotatable bonds is 7. The molecule has 3 aromatic rings. The summed E-state index contributed by atoms with van der Waals surface area (Å²) in [5.41, 5.74) is 1.69. The Labute approximate surface area is 183 Å². The molecule has 166 valence electrons. The van der Waals surface area contributed by atoms with Gasteiger partial charge in [-0.1, -0.05) is 5.16 Å². The van der Waals surface area contributed by atoms with Crippen LogP contribution in [0.15, 0.2) is 36.3 Å². The number of aromatic nitrogens is 5. The third kappa shape index (κ3) is 3.70. The van der Waals surface area contributed by atoms with E-state index in [0.29, 0.717) is 34.8 Å². The first-order valence-electron chi connectivity index (χ1n) is 10.1. The number of hydrogen-bond donors (Lipinski definition) is 3. The Kier molecular flexibility index (Phi) is 5.67. The van der Waals surface area contributed by atoms with Gasteiger partial charge in [0, 0.05) is 38.8 Å². The predicted molar refractivity (Wildman–Crippen MR) is 116 cm³/mol. The molecule has 1 atom stereocenters. The number of carbonyl (C=O) groups is 2. The average Bonchev–Trinajstić information content (AvgIpc) is 3.44. The third-order valence-corrected chi connectivity index (χ3v) is 5.26. The first-order valence-corrected chi connectivity index (χ1v) is 10.1. The number of nitrogens with zero attached hydrogens (tertiary/aromatic N) is 6. The lowest BCUT2D eigenvalue weighted by Crippen LogP contribution is -2.48. The number of fused-ring (bicyclic) bond motifs is 1. The van der Waals surface area contributed by atoms with Crippen LogP contribution < -0.4 is 16.0 Å². The summed E-state index contributed by atoms with van der Waals surface area (Å²) in [5, 5.41) is 17.8. The van der Waals surface area contributed by atoms with Crippen LogP contribution in [-0.2, 0) is 21.0 Å². The van der Waals surface area contributed by atoms with Gasteiger partial charge in [0.05, 0.1) is 47.5 Å². The average molecular weight is 437 g/mol. The van der Waals surface area contributed by atoms with Gasteiger partial charge in [-0.2, -0.15) is 5.10 Å². The molecule has 0 aromatic carbocycles. The quantitative estimate of drug-likeness (QED) is 0.490. The molecular formula is C20H23N9O3. The van der Waals surface area contributed by atoms with Crippen molar-refractivity contribution in [2.45, 2.75) is 31.9 Å². The Morgan fingerprint density at radius 3 is 2.62 bits per heavy atom. The lowest BCUT2D eigenvalue weighted by molar-refractivity contribution is -0.149. The van der Waals surface area contributed by atoms with Gasteiger partial charge in [0.2, 0.25) is 11.5 Å². The molecule has 12 heteroatoms. The highest BCUT2D eigenvalue weighted by atomic mass is 16.7.